The molecule has 21 heavy (non-hydrogen) atoms. The van der Waals surface area contributed by atoms with Gasteiger partial charge in [0.05, 0.1) is 16.3 Å². The smallest absolute Gasteiger partial charge is 0.262 e. The number of phenols is 1. The molecule has 0 bridgehead atoms. The number of nitrogen functional groups attached to an aromatic ring is 1. The molecule has 7 heteroatoms. The zero-order valence-corrected chi connectivity index (χ0v) is 12.3. The predicted octanol–water partition coefficient (Wildman–Crippen LogP) is 2.53. The van der Waals surface area contributed by atoms with Crippen LogP contribution < -0.4 is 10.5 Å². The largest absolute Gasteiger partial charge is 0.508 e. The van der Waals surface area contributed by atoms with Gasteiger partial charge in [-0.1, -0.05) is 0 Å². The standard InChI is InChI=1S/C14H15FN2O3S/c1-8-5-10(15)6-9(2)14(8)21(19,20)17-13-4-3-11(18)7-12(13)16/h3-7,17-18H,16H2,1-2H3. The second-order valence-corrected chi connectivity index (χ2v) is 6.37. The first kappa shape index (κ1) is 15.1. The summed E-state index contributed by atoms with van der Waals surface area (Å²) in [5.74, 6) is -0.558. The molecule has 0 heterocycles. The highest BCUT2D eigenvalue weighted by atomic mass is 32.2. The van der Waals surface area contributed by atoms with Crippen molar-refractivity contribution in [1.29, 1.82) is 0 Å². The summed E-state index contributed by atoms with van der Waals surface area (Å²) in [7, 11) is -3.91. The molecule has 0 unspecified atom stereocenters. The number of aryl methyl sites for hydroxylation is 2. The summed E-state index contributed by atoms with van der Waals surface area (Å²) in [6.45, 7) is 3.04. The van der Waals surface area contributed by atoms with Gasteiger partial charge in [-0.05, 0) is 49.2 Å². The number of anilines is 2. The second-order valence-electron chi connectivity index (χ2n) is 4.75. The number of rotatable bonds is 3. The number of halogens is 1. The normalized spacial score (nSPS) is 11.4. The van der Waals surface area contributed by atoms with E-state index in [0.717, 1.165) is 12.1 Å². The molecule has 0 saturated carbocycles. The summed E-state index contributed by atoms with van der Waals surface area (Å²) in [5.41, 5.74) is 6.51. The number of aromatic hydroxyl groups is 1. The number of hydrogen-bond donors (Lipinski definition) is 3. The fraction of sp³-hybridized carbons (Fsp3) is 0.143. The first-order valence-corrected chi connectivity index (χ1v) is 7.57. The van der Waals surface area contributed by atoms with Crippen LogP contribution in [0.5, 0.6) is 5.75 Å². The zero-order valence-electron chi connectivity index (χ0n) is 11.5. The fourth-order valence-electron chi connectivity index (χ4n) is 2.16. The molecule has 0 spiro atoms. The van der Waals surface area contributed by atoms with E-state index < -0.39 is 15.8 Å². The van der Waals surface area contributed by atoms with Crippen LogP contribution in [0.3, 0.4) is 0 Å². The number of sulfonamides is 1. The lowest BCUT2D eigenvalue weighted by atomic mass is 10.1. The summed E-state index contributed by atoms with van der Waals surface area (Å²) in [6.07, 6.45) is 0. The molecule has 2 rings (SSSR count). The topological polar surface area (TPSA) is 92.4 Å². The van der Waals surface area contributed by atoms with Crippen LogP contribution in [0.2, 0.25) is 0 Å². The van der Waals surface area contributed by atoms with Crippen LogP contribution in [0.4, 0.5) is 15.8 Å². The van der Waals surface area contributed by atoms with Crippen molar-refractivity contribution >= 4 is 21.4 Å². The highest BCUT2D eigenvalue weighted by Crippen LogP contribution is 2.28. The molecular weight excluding hydrogens is 295 g/mol. The van der Waals surface area contributed by atoms with Gasteiger partial charge in [-0.15, -0.1) is 0 Å². The third kappa shape index (κ3) is 3.08. The van der Waals surface area contributed by atoms with Gasteiger partial charge in [0.25, 0.3) is 10.0 Å². The minimum atomic E-state index is -3.91. The summed E-state index contributed by atoms with van der Waals surface area (Å²) in [6, 6.07) is 6.22. The molecule has 5 nitrogen and oxygen atoms in total. The summed E-state index contributed by atoms with van der Waals surface area (Å²) < 4.78 is 40.5. The Morgan fingerprint density at radius 1 is 1.14 bits per heavy atom. The summed E-state index contributed by atoms with van der Waals surface area (Å²) in [4.78, 5) is 0.0105. The molecule has 0 aliphatic heterocycles. The van der Waals surface area contributed by atoms with E-state index in [0.29, 0.717) is 11.1 Å². The van der Waals surface area contributed by atoms with Gasteiger partial charge in [-0.2, -0.15) is 0 Å². The Balaban J connectivity index is 2.48. The number of phenolic OH excluding ortho intramolecular Hbond substituents is 1. The number of nitrogens with one attached hydrogen (secondary N) is 1. The first-order valence-electron chi connectivity index (χ1n) is 6.09. The van der Waals surface area contributed by atoms with Gasteiger partial charge in [0.15, 0.2) is 0 Å². The lowest BCUT2D eigenvalue weighted by Crippen LogP contribution is -2.16. The Kier molecular flexibility index (Phi) is 3.78. The number of nitrogens with two attached hydrogens (primary N) is 1. The minimum absolute atomic E-state index is 0.0105. The lowest BCUT2D eigenvalue weighted by molar-refractivity contribution is 0.475. The van der Waals surface area contributed by atoms with E-state index in [-0.39, 0.29) is 22.0 Å². The molecule has 0 aliphatic carbocycles. The monoisotopic (exact) mass is 310 g/mol. The van der Waals surface area contributed by atoms with E-state index in [1.54, 1.807) is 0 Å². The maximum absolute atomic E-state index is 13.3. The molecule has 0 aromatic heterocycles. The quantitative estimate of drug-likeness (QED) is 0.600. The van der Waals surface area contributed by atoms with Crippen molar-refractivity contribution in [2.75, 3.05) is 10.5 Å². The van der Waals surface area contributed by atoms with Crippen LogP contribution in [0.25, 0.3) is 0 Å². The first-order chi connectivity index (χ1) is 9.70. The van der Waals surface area contributed by atoms with Crippen molar-refractivity contribution in [1.82, 2.24) is 0 Å². The van der Waals surface area contributed by atoms with Crippen LogP contribution in [0, 0.1) is 19.7 Å². The third-order valence-corrected chi connectivity index (χ3v) is 4.64. The molecule has 2 aromatic carbocycles. The van der Waals surface area contributed by atoms with E-state index >= 15 is 0 Å². The lowest BCUT2D eigenvalue weighted by Gasteiger charge is -2.14. The van der Waals surface area contributed by atoms with E-state index in [9.17, 15) is 17.9 Å². The van der Waals surface area contributed by atoms with E-state index in [1.165, 1.54) is 32.0 Å². The van der Waals surface area contributed by atoms with Crippen molar-refractivity contribution in [2.24, 2.45) is 0 Å². The highest BCUT2D eigenvalue weighted by Gasteiger charge is 2.21. The van der Waals surface area contributed by atoms with Gasteiger partial charge in [-0.3, -0.25) is 4.72 Å². The Morgan fingerprint density at radius 3 is 2.24 bits per heavy atom. The molecule has 0 amide bonds. The molecule has 0 saturated heterocycles. The van der Waals surface area contributed by atoms with Crippen LogP contribution in [0.15, 0.2) is 35.2 Å². The van der Waals surface area contributed by atoms with Crippen molar-refractivity contribution in [3.05, 3.63) is 47.3 Å². The van der Waals surface area contributed by atoms with Crippen molar-refractivity contribution in [3.63, 3.8) is 0 Å². The maximum Gasteiger partial charge on any atom is 0.262 e. The fourth-order valence-corrected chi connectivity index (χ4v) is 3.70. The van der Waals surface area contributed by atoms with Crippen LogP contribution in [0.1, 0.15) is 11.1 Å². The molecule has 0 aliphatic rings. The molecular formula is C14H15FN2O3S. The zero-order chi connectivity index (χ0) is 15.8. The van der Waals surface area contributed by atoms with Gasteiger partial charge in [0.2, 0.25) is 0 Å². The van der Waals surface area contributed by atoms with Gasteiger partial charge < -0.3 is 10.8 Å². The van der Waals surface area contributed by atoms with Crippen molar-refractivity contribution < 1.29 is 17.9 Å². The summed E-state index contributed by atoms with van der Waals surface area (Å²) >= 11 is 0. The Hall–Kier alpha value is -2.28. The molecule has 0 atom stereocenters. The number of hydrogen-bond acceptors (Lipinski definition) is 4. The molecule has 0 radical (unpaired) electrons. The SMILES string of the molecule is Cc1cc(F)cc(C)c1S(=O)(=O)Nc1ccc(O)cc1N. The minimum Gasteiger partial charge on any atom is -0.508 e. The highest BCUT2D eigenvalue weighted by molar-refractivity contribution is 7.92. The average molecular weight is 310 g/mol. The Labute approximate surface area is 122 Å². The van der Waals surface area contributed by atoms with E-state index in [1.807, 2.05) is 0 Å². The third-order valence-electron chi connectivity index (χ3n) is 2.97. The van der Waals surface area contributed by atoms with Crippen molar-refractivity contribution in [3.8, 4) is 5.75 Å². The van der Waals surface area contributed by atoms with Gasteiger partial charge in [-0.25, -0.2) is 12.8 Å². The Bertz CT molecular complexity index is 781. The van der Waals surface area contributed by atoms with Crippen LogP contribution in [-0.2, 0) is 10.0 Å². The predicted molar refractivity (Wildman–Crippen MR) is 79.2 cm³/mol. The second kappa shape index (κ2) is 5.25. The maximum atomic E-state index is 13.3. The molecule has 4 N–H and O–H groups in total. The van der Waals surface area contributed by atoms with Gasteiger partial charge in [0.1, 0.15) is 11.6 Å². The number of benzene rings is 2. The summed E-state index contributed by atoms with van der Waals surface area (Å²) in [5, 5.41) is 9.27. The van der Waals surface area contributed by atoms with Crippen molar-refractivity contribution in [2.45, 2.75) is 18.7 Å². The van der Waals surface area contributed by atoms with Gasteiger partial charge >= 0.3 is 0 Å². The van der Waals surface area contributed by atoms with E-state index in [4.69, 9.17) is 5.73 Å². The van der Waals surface area contributed by atoms with E-state index in [2.05, 4.69) is 4.72 Å². The Morgan fingerprint density at radius 2 is 1.71 bits per heavy atom. The van der Waals surface area contributed by atoms with Gasteiger partial charge in [0, 0.05) is 6.07 Å². The molecule has 0 fully saturated rings. The molecule has 112 valence electrons. The van der Waals surface area contributed by atoms with Crippen LogP contribution >= 0.6 is 0 Å². The average Bonchev–Trinajstić information content (AvgIpc) is 2.30. The van der Waals surface area contributed by atoms with Crippen LogP contribution in [-0.4, -0.2) is 13.5 Å². The molecule has 2 aromatic rings.